The summed E-state index contributed by atoms with van der Waals surface area (Å²) < 4.78 is 0. The molecule has 3 aromatic rings. The third kappa shape index (κ3) is 2.89. The minimum atomic E-state index is -0.281. The number of rotatable bonds is 4. The van der Waals surface area contributed by atoms with E-state index in [1.54, 1.807) is 6.20 Å². The molecule has 0 atom stereocenters. The van der Waals surface area contributed by atoms with Crippen LogP contribution < -0.4 is 5.32 Å². The molecule has 110 valence electrons. The molecular weight excluding hydrogens is 278 g/mol. The number of nitrogens with one attached hydrogen (secondary N) is 2. The van der Waals surface area contributed by atoms with Crippen LogP contribution in [0.1, 0.15) is 16.1 Å². The zero-order valence-electron chi connectivity index (χ0n) is 11.8. The van der Waals surface area contributed by atoms with Crippen molar-refractivity contribution in [2.45, 2.75) is 6.61 Å². The smallest absolute Gasteiger partial charge is 0.276 e. The van der Waals surface area contributed by atoms with Crippen molar-refractivity contribution in [3.05, 3.63) is 72.1 Å². The Balaban J connectivity index is 1.90. The highest BCUT2D eigenvalue weighted by atomic mass is 16.3. The van der Waals surface area contributed by atoms with Crippen LogP contribution in [-0.4, -0.2) is 21.2 Å². The standard InChI is InChI=1S/C17H15N3O2/c21-11-12-5-4-6-13(9-12)15-10-18-20-16(15)17(22)19-14-7-2-1-3-8-14/h1-10,21H,11H2,(H,18,20)(H,19,22). The molecule has 1 aromatic heterocycles. The number of amides is 1. The fraction of sp³-hybridized carbons (Fsp3) is 0.0588. The van der Waals surface area contributed by atoms with Crippen molar-refractivity contribution < 1.29 is 9.90 Å². The van der Waals surface area contributed by atoms with E-state index < -0.39 is 0 Å². The molecule has 0 aliphatic heterocycles. The number of carbonyl (C=O) groups is 1. The predicted molar refractivity (Wildman–Crippen MR) is 84.3 cm³/mol. The van der Waals surface area contributed by atoms with Gasteiger partial charge in [-0.3, -0.25) is 9.89 Å². The van der Waals surface area contributed by atoms with Crippen LogP contribution in [0.25, 0.3) is 11.1 Å². The Morgan fingerprint density at radius 3 is 2.73 bits per heavy atom. The lowest BCUT2D eigenvalue weighted by Gasteiger charge is -2.06. The van der Waals surface area contributed by atoms with Crippen molar-refractivity contribution >= 4 is 11.6 Å². The molecule has 0 spiro atoms. The SMILES string of the molecule is O=C(Nc1ccccc1)c1n[nH]cc1-c1cccc(CO)c1. The van der Waals surface area contributed by atoms with Crippen LogP contribution in [0.2, 0.25) is 0 Å². The van der Waals surface area contributed by atoms with Gasteiger partial charge in [0.2, 0.25) is 0 Å². The van der Waals surface area contributed by atoms with E-state index in [0.29, 0.717) is 16.9 Å². The highest BCUT2D eigenvalue weighted by molar-refractivity contribution is 6.07. The lowest BCUT2D eigenvalue weighted by Crippen LogP contribution is -2.13. The second-order valence-electron chi connectivity index (χ2n) is 4.83. The number of nitrogens with zero attached hydrogens (tertiary/aromatic N) is 1. The average molecular weight is 293 g/mol. The number of hydrogen-bond donors (Lipinski definition) is 3. The summed E-state index contributed by atoms with van der Waals surface area (Å²) in [5.41, 5.74) is 3.35. The van der Waals surface area contributed by atoms with Gasteiger partial charge in [0.25, 0.3) is 5.91 Å². The summed E-state index contributed by atoms with van der Waals surface area (Å²) in [4.78, 5) is 12.4. The molecular formula is C17H15N3O2. The third-order valence-electron chi connectivity index (χ3n) is 3.31. The molecule has 0 bridgehead atoms. The summed E-state index contributed by atoms with van der Waals surface area (Å²) in [6.45, 7) is -0.0444. The summed E-state index contributed by atoms with van der Waals surface area (Å²) in [6, 6.07) is 16.6. The molecule has 5 nitrogen and oxygen atoms in total. The first-order chi connectivity index (χ1) is 10.8. The lowest BCUT2D eigenvalue weighted by molar-refractivity contribution is 0.102. The van der Waals surface area contributed by atoms with E-state index in [1.165, 1.54) is 0 Å². The molecule has 3 N–H and O–H groups in total. The van der Waals surface area contributed by atoms with Crippen molar-refractivity contribution in [1.29, 1.82) is 0 Å². The number of aliphatic hydroxyl groups is 1. The highest BCUT2D eigenvalue weighted by Crippen LogP contribution is 2.24. The summed E-state index contributed by atoms with van der Waals surface area (Å²) in [6.07, 6.45) is 1.68. The van der Waals surface area contributed by atoms with Crippen molar-refractivity contribution in [3.8, 4) is 11.1 Å². The van der Waals surface area contributed by atoms with Gasteiger partial charge in [-0.25, -0.2) is 0 Å². The van der Waals surface area contributed by atoms with Crippen LogP contribution in [0.5, 0.6) is 0 Å². The molecule has 0 saturated heterocycles. The Kier molecular flexibility index (Phi) is 3.98. The third-order valence-corrected chi connectivity index (χ3v) is 3.31. The molecule has 0 aliphatic rings. The van der Waals surface area contributed by atoms with Gasteiger partial charge >= 0.3 is 0 Å². The van der Waals surface area contributed by atoms with Crippen LogP contribution in [0.4, 0.5) is 5.69 Å². The van der Waals surface area contributed by atoms with Crippen molar-refractivity contribution in [1.82, 2.24) is 10.2 Å². The van der Waals surface area contributed by atoms with E-state index in [9.17, 15) is 9.90 Å². The van der Waals surface area contributed by atoms with Gasteiger partial charge in [-0.15, -0.1) is 0 Å². The first-order valence-corrected chi connectivity index (χ1v) is 6.88. The number of benzene rings is 2. The molecule has 0 unspecified atom stereocenters. The van der Waals surface area contributed by atoms with Gasteiger partial charge in [0.05, 0.1) is 6.61 Å². The normalized spacial score (nSPS) is 10.4. The van der Waals surface area contributed by atoms with Gasteiger partial charge in [0, 0.05) is 17.4 Å². The number of carbonyl (C=O) groups excluding carboxylic acids is 1. The fourth-order valence-corrected chi connectivity index (χ4v) is 2.23. The Hall–Kier alpha value is -2.92. The monoisotopic (exact) mass is 293 g/mol. The van der Waals surface area contributed by atoms with Gasteiger partial charge < -0.3 is 10.4 Å². The van der Waals surface area contributed by atoms with E-state index in [0.717, 1.165) is 11.1 Å². The fourth-order valence-electron chi connectivity index (χ4n) is 2.23. The maximum atomic E-state index is 12.4. The maximum Gasteiger partial charge on any atom is 0.276 e. The van der Waals surface area contributed by atoms with Crippen LogP contribution in [0.3, 0.4) is 0 Å². The number of aromatic nitrogens is 2. The van der Waals surface area contributed by atoms with E-state index >= 15 is 0 Å². The first kappa shape index (κ1) is 14.0. The summed E-state index contributed by atoms with van der Waals surface area (Å²) in [5.74, 6) is -0.281. The first-order valence-electron chi connectivity index (χ1n) is 6.88. The van der Waals surface area contributed by atoms with Crippen LogP contribution in [0, 0.1) is 0 Å². The number of aliphatic hydroxyl groups excluding tert-OH is 1. The van der Waals surface area contributed by atoms with Gasteiger partial charge in [-0.05, 0) is 29.3 Å². The molecule has 1 amide bonds. The van der Waals surface area contributed by atoms with Crippen molar-refractivity contribution in [2.75, 3.05) is 5.32 Å². The molecule has 22 heavy (non-hydrogen) atoms. The Morgan fingerprint density at radius 1 is 1.14 bits per heavy atom. The molecule has 0 radical (unpaired) electrons. The number of aromatic amines is 1. The topological polar surface area (TPSA) is 78.0 Å². The number of H-pyrrole nitrogens is 1. The molecule has 5 heteroatoms. The van der Waals surface area contributed by atoms with E-state index in [1.807, 2.05) is 54.6 Å². The molecule has 3 rings (SSSR count). The number of hydrogen-bond acceptors (Lipinski definition) is 3. The zero-order chi connectivity index (χ0) is 15.4. The summed E-state index contributed by atoms with van der Waals surface area (Å²) in [7, 11) is 0. The maximum absolute atomic E-state index is 12.4. The Labute approximate surface area is 127 Å². The van der Waals surface area contributed by atoms with E-state index in [-0.39, 0.29) is 12.5 Å². The van der Waals surface area contributed by atoms with Crippen LogP contribution >= 0.6 is 0 Å². The highest BCUT2D eigenvalue weighted by Gasteiger charge is 2.16. The summed E-state index contributed by atoms with van der Waals surface area (Å²) in [5, 5.41) is 18.8. The zero-order valence-corrected chi connectivity index (χ0v) is 11.8. The van der Waals surface area contributed by atoms with Gasteiger partial charge in [0.15, 0.2) is 5.69 Å². The van der Waals surface area contributed by atoms with Crippen molar-refractivity contribution in [3.63, 3.8) is 0 Å². The largest absolute Gasteiger partial charge is 0.392 e. The minimum absolute atomic E-state index is 0.0444. The molecule has 1 heterocycles. The second kappa shape index (κ2) is 6.24. The quantitative estimate of drug-likeness (QED) is 0.692. The minimum Gasteiger partial charge on any atom is -0.392 e. The van der Waals surface area contributed by atoms with Crippen molar-refractivity contribution in [2.24, 2.45) is 0 Å². The number of anilines is 1. The molecule has 0 fully saturated rings. The Morgan fingerprint density at radius 2 is 1.95 bits per heavy atom. The summed E-state index contributed by atoms with van der Waals surface area (Å²) >= 11 is 0. The molecule has 0 saturated carbocycles. The molecule has 0 aliphatic carbocycles. The molecule has 2 aromatic carbocycles. The van der Waals surface area contributed by atoms with E-state index in [2.05, 4.69) is 15.5 Å². The Bertz CT molecular complexity index is 781. The van der Waals surface area contributed by atoms with E-state index in [4.69, 9.17) is 0 Å². The second-order valence-corrected chi connectivity index (χ2v) is 4.83. The van der Waals surface area contributed by atoms with Gasteiger partial charge in [-0.1, -0.05) is 36.4 Å². The van der Waals surface area contributed by atoms with Gasteiger partial charge in [-0.2, -0.15) is 5.10 Å². The predicted octanol–water partition coefficient (Wildman–Crippen LogP) is 2.82. The van der Waals surface area contributed by atoms with Crippen LogP contribution in [0.15, 0.2) is 60.8 Å². The lowest BCUT2D eigenvalue weighted by atomic mass is 10.0. The van der Waals surface area contributed by atoms with Crippen LogP contribution in [-0.2, 0) is 6.61 Å². The number of para-hydroxylation sites is 1. The van der Waals surface area contributed by atoms with Gasteiger partial charge in [0.1, 0.15) is 0 Å². The average Bonchev–Trinajstić information content (AvgIpc) is 3.05.